The van der Waals surface area contributed by atoms with Crippen LogP contribution in [0.3, 0.4) is 0 Å². The van der Waals surface area contributed by atoms with E-state index < -0.39 is 35.0 Å². The predicted octanol–water partition coefficient (Wildman–Crippen LogP) is 6.12. The number of rotatable bonds is 5. The summed E-state index contributed by atoms with van der Waals surface area (Å²) < 4.78 is 84.3. The molecule has 0 spiro atoms. The van der Waals surface area contributed by atoms with Crippen LogP contribution in [0.4, 0.5) is 32.2 Å². The summed E-state index contributed by atoms with van der Waals surface area (Å²) >= 11 is 0. The fraction of sp³-hybridized carbons (Fsp3) is 0.105. The average Bonchev–Trinajstić information content (AvgIpc) is 2.66. The largest absolute Gasteiger partial charge is 0.573 e. The van der Waals surface area contributed by atoms with Crippen LogP contribution in [0.15, 0.2) is 60.8 Å². The Morgan fingerprint density at radius 2 is 1.26 bits per heavy atom. The van der Waals surface area contributed by atoms with Gasteiger partial charge in [-0.25, -0.2) is 0 Å². The van der Waals surface area contributed by atoms with Gasteiger partial charge in [-0.05, 0) is 28.1 Å². The molecule has 6 nitrogen and oxygen atoms in total. The molecule has 0 aliphatic rings. The summed E-state index contributed by atoms with van der Waals surface area (Å²) in [6, 6.07) is 10.6. The van der Waals surface area contributed by atoms with E-state index >= 15 is 0 Å². The third kappa shape index (κ3) is 5.41. The Morgan fingerprint density at radius 3 is 1.77 bits per heavy atom. The minimum Gasteiger partial charge on any atom is -0.405 e. The zero-order valence-electron chi connectivity index (χ0n) is 15.1. The van der Waals surface area contributed by atoms with Crippen LogP contribution in [0, 0.1) is 10.1 Å². The maximum Gasteiger partial charge on any atom is 0.573 e. The number of hydrogen-bond acceptors (Lipinski definition) is 5. The summed E-state index contributed by atoms with van der Waals surface area (Å²) in [4.78, 5) is 14.1. The third-order valence-corrected chi connectivity index (χ3v) is 3.87. The normalized spacial score (nSPS) is 11.8. The number of pyridine rings is 1. The van der Waals surface area contributed by atoms with Gasteiger partial charge < -0.3 is 19.6 Å². The molecule has 0 saturated carbocycles. The van der Waals surface area contributed by atoms with Gasteiger partial charge in [0.2, 0.25) is 0 Å². The molecule has 0 aliphatic heterocycles. The van der Waals surface area contributed by atoms with Crippen LogP contribution in [-0.4, -0.2) is 22.6 Å². The number of ether oxygens (including phenoxy) is 2. The Morgan fingerprint density at radius 1 is 0.774 bits per heavy atom. The molecule has 0 N–H and O–H groups in total. The zero-order valence-corrected chi connectivity index (χ0v) is 15.1. The summed E-state index contributed by atoms with van der Waals surface area (Å²) in [5.41, 5.74) is -0.890. The van der Waals surface area contributed by atoms with E-state index in [0.717, 1.165) is 30.5 Å². The van der Waals surface area contributed by atoms with Gasteiger partial charge in [0, 0.05) is 16.7 Å². The van der Waals surface area contributed by atoms with Crippen molar-refractivity contribution in [3.8, 4) is 33.8 Å². The van der Waals surface area contributed by atoms with E-state index in [9.17, 15) is 36.5 Å². The molecule has 0 amide bonds. The van der Waals surface area contributed by atoms with E-state index in [1.54, 1.807) is 0 Å². The fourth-order valence-corrected chi connectivity index (χ4v) is 2.77. The minimum absolute atomic E-state index is 0.0535. The molecular weight excluding hydrogens is 434 g/mol. The maximum absolute atomic E-state index is 12.8. The van der Waals surface area contributed by atoms with Gasteiger partial charge in [0.05, 0.1) is 5.56 Å². The molecule has 3 rings (SSSR count). The molecular formula is C19H10F6N2O4. The second-order valence-corrected chi connectivity index (χ2v) is 5.94. The van der Waals surface area contributed by atoms with Crippen molar-refractivity contribution in [2.24, 2.45) is 0 Å². The van der Waals surface area contributed by atoms with Crippen molar-refractivity contribution in [2.45, 2.75) is 12.7 Å². The van der Waals surface area contributed by atoms with Gasteiger partial charge in [-0.15, -0.1) is 26.3 Å². The lowest BCUT2D eigenvalue weighted by atomic mass is 10.00. The zero-order chi connectivity index (χ0) is 22.8. The smallest absolute Gasteiger partial charge is 0.405 e. The van der Waals surface area contributed by atoms with Gasteiger partial charge in [-0.1, -0.05) is 36.4 Å². The molecule has 162 valence electrons. The molecule has 0 saturated heterocycles. The molecule has 12 heteroatoms. The van der Waals surface area contributed by atoms with Crippen molar-refractivity contribution in [1.82, 2.24) is 4.98 Å². The number of halogens is 6. The number of para-hydroxylation sites is 2. The second kappa shape index (κ2) is 8.13. The van der Waals surface area contributed by atoms with E-state index in [1.165, 1.54) is 30.3 Å². The fourth-order valence-electron chi connectivity index (χ4n) is 2.77. The number of hydrogen-bond donors (Lipinski definition) is 0. The lowest BCUT2D eigenvalue weighted by Crippen LogP contribution is -2.17. The first-order valence-electron chi connectivity index (χ1n) is 8.29. The molecule has 0 aliphatic carbocycles. The van der Waals surface area contributed by atoms with Crippen LogP contribution in [0.2, 0.25) is 0 Å². The number of nitrogens with zero attached hydrogens (tertiary/aromatic N) is 2. The lowest BCUT2D eigenvalue weighted by molar-refractivity contribution is -0.388. The number of aromatic nitrogens is 1. The van der Waals surface area contributed by atoms with Gasteiger partial charge in [0.25, 0.3) is 0 Å². The Kier molecular flexibility index (Phi) is 5.73. The van der Waals surface area contributed by atoms with Crippen molar-refractivity contribution < 1.29 is 40.7 Å². The van der Waals surface area contributed by atoms with Crippen LogP contribution >= 0.6 is 0 Å². The molecule has 0 fully saturated rings. The molecule has 1 aromatic heterocycles. The van der Waals surface area contributed by atoms with Gasteiger partial charge in [-0.3, -0.25) is 0 Å². The van der Waals surface area contributed by atoms with Crippen molar-refractivity contribution in [1.29, 1.82) is 0 Å². The lowest BCUT2D eigenvalue weighted by Gasteiger charge is -2.15. The molecule has 0 atom stereocenters. The van der Waals surface area contributed by atoms with Crippen LogP contribution in [0.1, 0.15) is 0 Å². The number of nitro groups is 1. The summed E-state index contributed by atoms with van der Waals surface area (Å²) in [5, 5.41) is 11.4. The van der Waals surface area contributed by atoms with Crippen molar-refractivity contribution in [2.75, 3.05) is 0 Å². The van der Waals surface area contributed by atoms with Crippen LogP contribution < -0.4 is 9.47 Å². The summed E-state index contributed by atoms with van der Waals surface area (Å²) in [7, 11) is 0. The monoisotopic (exact) mass is 444 g/mol. The Balaban J connectivity index is 2.20. The number of benzene rings is 2. The topological polar surface area (TPSA) is 74.5 Å². The van der Waals surface area contributed by atoms with Crippen molar-refractivity contribution in [3.63, 3.8) is 0 Å². The van der Waals surface area contributed by atoms with Crippen LogP contribution in [-0.2, 0) is 0 Å². The van der Waals surface area contributed by atoms with Crippen molar-refractivity contribution >= 4 is 5.82 Å². The van der Waals surface area contributed by atoms with Crippen LogP contribution in [0.5, 0.6) is 11.5 Å². The standard InChI is InChI=1S/C19H10F6N2O4/c20-18(21,22)30-15-7-3-1-5-12(15)11-9-14(17(26-10-11)27(28)29)13-6-2-4-8-16(13)31-19(23,24)25/h1-10H. The summed E-state index contributed by atoms with van der Waals surface area (Å²) in [6.07, 6.45) is -9.17. The van der Waals surface area contributed by atoms with Gasteiger partial charge in [0.1, 0.15) is 17.7 Å². The molecule has 31 heavy (non-hydrogen) atoms. The van der Waals surface area contributed by atoms with Gasteiger partial charge in [-0.2, -0.15) is 0 Å². The summed E-state index contributed by atoms with van der Waals surface area (Å²) in [6.45, 7) is 0. The predicted molar refractivity (Wildman–Crippen MR) is 95.1 cm³/mol. The Bertz CT molecular complexity index is 1120. The third-order valence-electron chi connectivity index (χ3n) is 3.87. The molecule has 2 aromatic carbocycles. The molecule has 0 bridgehead atoms. The first-order chi connectivity index (χ1) is 14.4. The first kappa shape index (κ1) is 21.9. The van der Waals surface area contributed by atoms with E-state index in [-0.39, 0.29) is 22.3 Å². The van der Waals surface area contributed by atoms with E-state index in [2.05, 4.69) is 14.5 Å². The van der Waals surface area contributed by atoms with E-state index in [0.29, 0.717) is 0 Å². The quantitative estimate of drug-likeness (QED) is 0.269. The summed E-state index contributed by atoms with van der Waals surface area (Å²) in [5.74, 6) is -2.16. The van der Waals surface area contributed by atoms with Gasteiger partial charge >= 0.3 is 18.5 Å². The molecule has 0 unspecified atom stereocenters. The average molecular weight is 444 g/mol. The first-order valence-corrected chi connectivity index (χ1v) is 8.29. The molecule has 1 heterocycles. The van der Waals surface area contributed by atoms with Crippen LogP contribution in [0.25, 0.3) is 22.3 Å². The minimum atomic E-state index is -5.08. The highest BCUT2D eigenvalue weighted by molar-refractivity contribution is 5.82. The van der Waals surface area contributed by atoms with Gasteiger partial charge in [0.15, 0.2) is 0 Å². The molecule has 0 radical (unpaired) electrons. The molecule has 3 aromatic rings. The Hall–Kier alpha value is -3.83. The van der Waals surface area contributed by atoms with E-state index in [1.807, 2.05) is 0 Å². The number of alkyl halides is 6. The van der Waals surface area contributed by atoms with Crippen molar-refractivity contribution in [3.05, 3.63) is 70.9 Å². The second-order valence-electron chi connectivity index (χ2n) is 5.94. The SMILES string of the molecule is O=[N+]([O-])c1ncc(-c2ccccc2OC(F)(F)F)cc1-c1ccccc1OC(F)(F)F. The highest BCUT2D eigenvalue weighted by Gasteiger charge is 2.34. The Labute approximate surface area is 169 Å². The maximum atomic E-state index is 12.8. The highest BCUT2D eigenvalue weighted by atomic mass is 19.4. The highest BCUT2D eigenvalue weighted by Crippen LogP contribution is 2.41. The van der Waals surface area contributed by atoms with E-state index in [4.69, 9.17) is 0 Å².